The van der Waals surface area contributed by atoms with Crippen molar-refractivity contribution in [3.8, 4) is 0 Å². The maximum absolute atomic E-state index is 4.51. The minimum absolute atomic E-state index is 0.0615. The Hall–Kier alpha value is -1.38. The molecule has 0 fully saturated rings. The number of hydrogen-bond acceptors (Lipinski definition) is 2. The van der Waals surface area contributed by atoms with E-state index in [1.54, 1.807) is 0 Å². The summed E-state index contributed by atoms with van der Waals surface area (Å²) >= 11 is 0. The van der Waals surface area contributed by atoms with Gasteiger partial charge in [-0.25, -0.2) is 9.50 Å². The molecule has 2 rings (SSSR count). The van der Waals surface area contributed by atoms with E-state index in [-0.39, 0.29) is 5.41 Å². The van der Waals surface area contributed by atoms with Crippen LogP contribution in [-0.4, -0.2) is 14.6 Å². The highest BCUT2D eigenvalue weighted by molar-refractivity contribution is 5.37. The second-order valence-electron chi connectivity index (χ2n) is 4.18. The van der Waals surface area contributed by atoms with Crippen molar-refractivity contribution in [2.75, 3.05) is 0 Å². The Morgan fingerprint density at radius 1 is 1.36 bits per heavy atom. The van der Waals surface area contributed by atoms with Gasteiger partial charge >= 0.3 is 0 Å². The molecule has 0 spiro atoms. The normalized spacial score (nSPS) is 12.2. The van der Waals surface area contributed by atoms with E-state index in [0.717, 1.165) is 17.9 Å². The Kier molecular flexibility index (Phi) is 2.02. The summed E-state index contributed by atoms with van der Waals surface area (Å²) in [6.45, 7) is 6.50. The largest absolute Gasteiger partial charge is 0.221 e. The van der Waals surface area contributed by atoms with Gasteiger partial charge in [-0.2, -0.15) is 5.10 Å². The molecule has 0 radical (unpaired) electrons. The van der Waals surface area contributed by atoms with Crippen LogP contribution in [0.4, 0.5) is 0 Å². The molecular formula is C11H15N3. The van der Waals surface area contributed by atoms with Gasteiger partial charge in [0.2, 0.25) is 0 Å². The molecular weight excluding hydrogens is 174 g/mol. The molecule has 3 nitrogen and oxygen atoms in total. The van der Waals surface area contributed by atoms with Crippen LogP contribution in [0, 0.1) is 0 Å². The first-order chi connectivity index (χ1) is 6.63. The summed E-state index contributed by atoms with van der Waals surface area (Å²) in [6.07, 6.45) is 2.97. The van der Waals surface area contributed by atoms with Gasteiger partial charge in [0.05, 0.1) is 0 Å². The molecule has 0 bridgehead atoms. The Morgan fingerprint density at radius 2 is 2.14 bits per heavy atom. The van der Waals surface area contributed by atoms with Gasteiger partial charge in [-0.05, 0) is 18.6 Å². The van der Waals surface area contributed by atoms with Crippen LogP contribution in [0.15, 0.2) is 24.4 Å². The van der Waals surface area contributed by atoms with E-state index in [1.807, 2.05) is 28.9 Å². The van der Waals surface area contributed by atoms with Crippen LogP contribution in [0.1, 0.15) is 33.0 Å². The molecule has 0 aromatic carbocycles. The van der Waals surface area contributed by atoms with E-state index < -0.39 is 0 Å². The van der Waals surface area contributed by atoms with E-state index in [2.05, 4.69) is 30.9 Å². The highest BCUT2D eigenvalue weighted by Crippen LogP contribution is 2.23. The number of aromatic nitrogens is 3. The SMILES string of the molecule is CCC(C)(C)c1nc2ccccn2n1. The minimum atomic E-state index is 0.0615. The first-order valence-electron chi connectivity index (χ1n) is 4.95. The van der Waals surface area contributed by atoms with E-state index in [4.69, 9.17) is 0 Å². The molecule has 0 aliphatic carbocycles. The second kappa shape index (κ2) is 3.08. The monoisotopic (exact) mass is 189 g/mol. The second-order valence-corrected chi connectivity index (χ2v) is 4.18. The van der Waals surface area contributed by atoms with Gasteiger partial charge < -0.3 is 0 Å². The standard InChI is InChI=1S/C11H15N3/c1-4-11(2,3)10-12-9-7-5-6-8-14(9)13-10/h5-8H,4H2,1-3H3. The van der Waals surface area contributed by atoms with Gasteiger partial charge in [-0.1, -0.05) is 26.8 Å². The quantitative estimate of drug-likeness (QED) is 0.726. The molecule has 0 atom stereocenters. The zero-order valence-corrected chi connectivity index (χ0v) is 8.86. The first-order valence-corrected chi connectivity index (χ1v) is 4.95. The summed E-state index contributed by atoms with van der Waals surface area (Å²) in [7, 11) is 0. The van der Waals surface area contributed by atoms with Gasteiger partial charge in [0.15, 0.2) is 11.5 Å². The van der Waals surface area contributed by atoms with Crippen LogP contribution in [0.3, 0.4) is 0 Å². The fraction of sp³-hybridized carbons (Fsp3) is 0.455. The third-order valence-corrected chi connectivity index (χ3v) is 2.73. The van der Waals surface area contributed by atoms with E-state index in [0.29, 0.717) is 0 Å². The summed E-state index contributed by atoms with van der Waals surface area (Å²) in [6, 6.07) is 5.92. The fourth-order valence-electron chi connectivity index (χ4n) is 1.28. The van der Waals surface area contributed by atoms with Crippen molar-refractivity contribution in [1.29, 1.82) is 0 Å². The predicted molar refractivity (Wildman–Crippen MR) is 56.3 cm³/mol. The molecule has 3 heteroatoms. The lowest BCUT2D eigenvalue weighted by Gasteiger charge is -2.17. The van der Waals surface area contributed by atoms with Crippen molar-refractivity contribution in [3.63, 3.8) is 0 Å². The number of hydrogen-bond donors (Lipinski definition) is 0. The van der Waals surface area contributed by atoms with E-state index in [1.165, 1.54) is 0 Å². The molecule has 0 N–H and O–H groups in total. The lowest BCUT2D eigenvalue weighted by Crippen LogP contribution is -2.17. The summed E-state index contributed by atoms with van der Waals surface area (Å²) < 4.78 is 1.83. The zero-order chi connectivity index (χ0) is 10.2. The van der Waals surface area contributed by atoms with Crippen molar-refractivity contribution in [3.05, 3.63) is 30.2 Å². The van der Waals surface area contributed by atoms with Crippen LogP contribution in [0.5, 0.6) is 0 Å². The van der Waals surface area contributed by atoms with E-state index >= 15 is 0 Å². The van der Waals surface area contributed by atoms with E-state index in [9.17, 15) is 0 Å². The van der Waals surface area contributed by atoms with Gasteiger partial charge in [-0.15, -0.1) is 0 Å². The molecule has 2 aromatic rings. The van der Waals surface area contributed by atoms with Gasteiger partial charge in [-0.3, -0.25) is 0 Å². The van der Waals surface area contributed by atoms with Crippen molar-refractivity contribution < 1.29 is 0 Å². The average Bonchev–Trinajstić information content (AvgIpc) is 2.61. The average molecular weight is 189 g/mol. The third-order valence-electron chi connectivity index (χ3n) is 2.73. The lowest BCUT2D eigenvalue weighted by molar-refractivity contribution is 0.473. The van der Waals surface area contributed by atoms with Crippen LogP contribution < -0.4 is 0 Å². The van der Waals surface area contributed by atoms with Crippen molar-refractivity contribution >= 4 is 5.65 Å². The van der Waals surface area contributed by atoms with Crippen molar-refractivity contribution in [1.82, 2.24) is 14.6 Å². The molecule has 14 heavy (non-hydrogen) atoms. The van der Waals surface area contributed by atoms with Crippen LogP contribution in [0.2, 0.25) is 0 Å². The zero-order valence-electron chi connectivity index (χ0n) is 8.86. The topological polar surface area (TPSA) is 30.2 Å². The Balaban J connectivity index is 2.55. The Bertz CT molecular complexity index is 409. The number of rotatable bonds is 2. The number of fused-ring (bicyclic) bond motifs is 1. The van der Waals surface area contributed by atoms with Crippen molar-refractivity contribution in [2.24, 2.45) is 0 Å². The van der Waals surface area contributed by atoms with Crippen LogP contribution >= 0.6 is 0 Å². The summed E-state index contributed by atoms with van der Waals surface area (Å²) in [5.74, 6) is 0.922. The summed E-state index contributed by atoms with van der Waals surface area (Å²) in [5.41, 5.74) is 0.982. The number of pyridine rings is 1. The maximum atomic E-state index is 4.51. The highest BCUT2D eigenvalue weighted by Gasteiger charge is 2.23. The molecule has 0 unspecified atom stereocenters. The fourth-order valence-corrected chi connectivity index (χ4v) is 1.28. The van der Waals surface area contributed by atoms with Gasteiger partial charge in [0.25, 0.3) is 0 Å². The van der Waals surface area contributed by atoms with Crippen LogP contribution in [-0.2, 0) is 5.41 Å². The highest BCUT2D eigenvalue weighted by atomic mass is 15.3. The molecule has 0 aliphatic heterocycles. The van der Waals surface area contributed by atoms with Gasteiger partial charge in [0, 0.05) is 11.6 Å². The molecule has 0 saturated heterocycles. The Labute approximate surface area is 83.8 Å². The lowest BCUT2D eigenvalue weighted by atomic mass is 9.90. The molecule has 74 valence electrons. The molecule has 0 aliphatic rings. The summed E-state index contributed by atoms with van der Waals surface area (Å²) in [4.78, 5) is 4.51. The molecule has 2 aromatic heterocycles. The van der Waals surface area contributed by atoms with Gasteiger partial charge in [0.1, 0.15) is 0 Å². The molecule has 0 saturated carbocycles. The Morgan fingerprint density at radius 3 is 2.79 bits per heavy atom. The maximum Gasteiger partial charge on any atom is 0.157 e. The molecule has 0 amide bonds. The third kappa shape index (κ3) is 1.39. The summed E-state index contributed by atoms with van der Waals surface area (Å²) in [5, 5.41) is 4.46. The predicted octanol–water partition coefficient (Wildman–Crippen LogP) is 2.42. The first kappa shape index (κ1) is 9.19. The number of nitrogens with zero attached hydrogens (tertiary/aromatic N) is 3. The smallest absolute Gasteiger partial charge is 0.157 e. The minimum Gasteiger partial charge on any atom is -0.221 e. The van der Waals surface area contributed by atoms with Crippen LogP contribution in [0.25, 0.3) is 5.65 Å². The molecule has 2 heterocycles. The van der Waals surface area contributed by atoms with Crippen molar-refractivity contribution in [2.45, 2.75) is 32.6 Å².